The highest BCUT2D eigenvalue weighted by molar-refractivity contribution is 7.78. The molecule has 1 heteroatoms. The Balaban J connectivity index is 2.74. The van der Waals surface area contributed by atoms with Gasteiger partial charge in [0.05, 0.1) is 0 Å². The van der Waals surface area contributed by atoms with Crippen molar-refractivity contribution in [2.75, 3.05) is 0 Å². The van der Waals surface area contributed by atoms with E-state index in [1.807, 2.05) is 5.37 Å². The van der Waals surface area contributed by atoms with Crippen LogP contribution in [0.1, 0.15) is 58.3 Å². The molecule has 0 saturated carbocycles. The Morgan fingerprint density at radius 3 is 2.00 bits per heavy atom. The molecule has 0 aliphatic rings. The lowest BCUT2D eigenvalue weighted by Gasteiger charge is -1.97. The van der Waals surface area contributed by atoms with Crippen molar-refractivity contribution in [2.24, 2.45) is 0 Å². The molecule has 0 radical (unpaired) electrons. The zero-order chi connectivity index (χ0) is 8.36. The molecule has 0 N–H and O–H groups in total. The monoisotopic (exact) mass is 172 g/mol. The lowest BCUT2D eigenvalue weighted by atomic mass is 10.1. The fraction of sp³-hybridized carbons (Fsp3) is 0.900. The minimum absolute atomic E-state index is 1.13. The summed E-state index contributed by atoms with van der Waals surface area (Å²) in [4.78, 5) is 0. The van der Waals surface area contributed by atoms with E-state index in [9.17, 15) is 0 Å². The first-order chi connectivity index (χ1) is 5.41. The highest BCUT2D eigenvalue weighted by Crippen LogP contribution is 2.07. The standard InChI is InChI=1S/C10H20S/c1-2-3-4-5-6-7-8-9-10-11/h10H,2-9H2,1H3. The average molecular weight is 172 g/mol. The van der Waals surface area contributed by atoms with Gasteiger partial charge in [-0.05, 0) is 18.2 Å². The second kappa shape index (κ2) is 10.1. The van der Waals surface area contributed by atoms with Gasteiger partial charge in [-0.3, -0.25) is 0 Å². The van der Waals surface area contributed by atoms with Gasteiger partial charge in [0, 0.05) is 0 Å². The summed E-state index contributed by atoms with van der Waals surface area (Å²) >= 11 is 4.75. The van der Waals surface area contributed by atoms with Crippen molar-refractivity contribution in [1.29, 1.82) is 0 Å². The molecule has 0 aromatic heterocycles. The first-order valence-electron chi connectivity index (χ1n) is 4.85. The average Bonchev–Trinajstić information content (AvgIpc) is 2.03. The van der Waals surface area contributed by atoms with Crippen LogP contribution in [0.5, 0.6) is 0 Å². The van der Waals surface area contributed by atoms with Gasteiger partial charge in [0.2, 0.25) is 0 Å². The Bertz CT molecular complexity index is 78.9. The maximum absolute atomic E-state index is 4.75. The number of hydrogen-bond donors (Lipinski definition) is 0. The Morgan fingerprint density at radius 2 is 1.45 bits per heavy atom. The third-order valence-electron chi connectivity index (χ3n) is 1.93. The van der Waals surface area contributed by atoms with Crippen molar-refractivity contribution >= 4 is 17.6 Å². The number of rotatable bonds is 8. The van der Waals surface area contributed by atoms with E-state index < -0.39 is 0 Å². The number of unbranched alkanes of at least 4 members (excludes halogenated alkanes) is 7. The zero-order valence-corrected chi connectivity index (χ0v) is 8.46. The molecule has 0 unspecified atom stereocenters. The largest absolute Gasteiger partial charge is 0.0935 e. The third kappa shape index (κ3) is 10.1. The maximum Gasteiger partial charge on any atom is -0.0210 e. The molecule has 0 spiro atoms. The Labute approximate surface area is 76.4 Å². The molecule has 0 heterocycles. The van der Waals surface area contributed by atoms with Crippen LogP contribution < -0.4 is 0 Å². The molecule has 0 rings (SSSR count). The predicted molar refractivity (Wildman–Crippen MR) is 56.3 cm³/mol. The molecule has 0 bridgehead atoms. The molecular weight excluding hydrogens is 152 g/mol. The molecule has 0 fully saturated rings. The Kier molecular flexibility index (Phi) is 10.2. The number of hydrogen-bond acceptors (Lipinski definition) is 1. The second-order valence-electron chi connectivity index (χ2n) is 3.08. The summed E-state index contributed by atoms with van der Waals surface area (Å²) in [5.74, 6) is 0. The van der Waals surface area contributed by atoms with Crippen LogP contribution in [0, 0.1) is 0 Å². The molecular formula is C10H20S. The summed E-state index contributed by atoms with van der Waals surface area (Å²) in [6.45, 7) is 2.26. The SMILES string of the molecule is CCCCCCCCCC=S. The normalized spacial score (nSPS) is 9.91. The third-order valence-corrected chi connectivity index (χ3v) is 2.16. The first kappa shape index (κ1) is 11.1. The topological polar surface area (TPSA) is 0 Å². The van der Waals surface area contributed by atoms with Gasteiger partial charge < -0.3 is 0 Å². The van der Waals surface area contributed by atoms with Gasteiger partial charge in [-0.15, -0.1) is 0 Å². The molecule has 11 heavy (non-hydrogen) atoms. The number of thiocarbonyl (C=S) groups is 1. The lowest BCUT2D eigenvalue weighted by Crippen LogP contribution is -1.79. The molecule has 66 valence electrons. The molecule has 0 aromatic rings. The summed E-state index contributed by atoms with van der Waals surface area (Å²) in [7, 11) is 0. The van der Waals surface area contributed by atoms with Crippen LogP contribution in [0.25, 0.3) is 0 Å². The molecule has 0 aliphatic carbocycles. The Morgan fingerprint density at radius 1 is 0.909 bits per heavy atom. The van der Waals surface area contributed by atoms with E-state index in [-0.39, 0.29) is 0 Å². The highest BCUT2D eigenvalue weighted by Gasteiger charge is 1.88. The van der Waals surface area contributed by atoms with Crippen molar-refractivity contribution in [3.05, 3.63) is 0 Å². The zero-order valence-electron chi connectivity index (χ0n) is 7.64. The van der Waals surface area contributed by atoms with Crippen LogP contribution in [0.2, 0.25) is 0 Å². The van der Waals surface area contributed by atoms with E-state index in [0.29, 0.717) is 0 Å². The minimum atomic E-state index is 1.13. The summed E-state index contributed by atoms with van der Waals surface area (Å²) in [6.07, 6.45) is 10.8. The van der Waals surface area contributed by atoms with Gasteiger partial charge in [-0.25, -0.2) is 0 Å². The van der Waals surface area contributed by atoms with Crippen molar-refractivity contribution in [2.45, 2.75) is 58.3 Å². The van der Waals surface area contributed by atoms with Crippen LogP contribution in [-0.2, 0) is 0 Å². The maximum atomic E-state index is 4.75. The van der Waals surface area contributed by atoms with Gasteiger partial charge in [0.15, 0.2) is 0 Å². The van der Waals surface area contributed by atoms with Crippen molar-refractivity contribution in [1.82, 2.24) is 0 Å². The fourth-order valence-electron chi connectivity index (χ4n) is 1.18. The van der Waals surface area contributed by atoms with E-state index in [2.05, 4.69) is 6.92 Å². The molecule has 0 atom stereocenters. The van der Waals surface area contributed by atoms with Crippen LogP contribution in [0.4, 0.5) is 0 Å². The van der Waals surface area contributed by atoms with Crippen LogP contribution in [0.15, 0.2) is 0 Å². The molecule has 0 aromatic carbocycles. The van der Waals surface area contributed by atoms with Crippen LogP contribution in [0.3, 0.4) is 0 Å². The molecule has 0 amide bonds. The minimum Gasteiger partial charge on any atom is -0.0935 e. The predicted octanol–water partition coefficient (Wildman–Crippen LogP) is 4.13. The first-order valence-corrected chi connectivity index (χ1v) is 5.32. The summed E-state index contributed by atoms with van der Waals surface area (Å²) in [6, 6.07) is 0. The van der Waals surface area contributed by atoms with Gasteiger partial charge >= 0.3 is 0 Å². The van der Waals surface area contributed by atoms with E-state index in [0.717, 1.165) is 6.42 Å². The van der Waals surface area contributed by atoms with Crippen LogP contribution in [-0.4, -0.2) is 5.37 Å². The second-order valence-corrected chi connectivity index (χ2v) is 3.41. The van der Waals surface area contributed by atoms with Gasteiger partial charge in [0.1, 0.15) is 0 Å². The van der Waals surface area contributed by atoms with Crippen molar-refractivity contribution < 1.29 is 0 Å². The van der Waals surface area contributed by atoms with E-state index in [4.69, 9.17) is 12.2 Å². The lowest BCUT2D eigenvalue weighted by molar-refractivity contribution is 0.596. The molecule has 0 aliphatic heterocycles. The Hall–Kier alpha value is 0.0900. The van der Waals surface area contributed by atoms with E-state index in [1.54, 1.807) is 0 Å². The summed E-state index contributed by atoms with van der Waals surface area (Å²) < 4.78 is 0. The van der Waals surface area contributed by atoms with Gasteiger partial charge in [-0.1, -0.05) is 57.7 Å². The highest BCUT2D eigenvalue weighted by atomic mass is 32.1. The smallest absolute Gasteiger partial charge is 0.0210 e. The van der Waals surface area contributed by atoms with Crippen molar-refractivity contribution in [3.8, 4) is 0 Å². The fourth-order valence-corrected chi connectivity index (χ4v) is 1.35. The van der Waals surface area contributed by atoms with Crippen molar-refractivity contribution in [3.63, 3.8) is 0 Å². The summed E-state index contributed by atoms with van der Waals surface area (Å²) in [5, 5.41) is 1.85. The van der Waals surface area contributed by atoms with E-state index in [1.165, 1.54) is 44.9 Å². The molecule has 0 saturated heterocycles. The quantitative estimate of drug-likeness (QED) is 0.392. The van der Waals surface area contributed by atoms with E-state index >= 15 is 0 Å². The van der Waals surface area contributed by atoms with Gasteiger partial charge in [-0.2, -0.15) is 0 Å². The molecule has 0 nitrogen and oxygen atoms in total. The van der Waals surface area contributed by atoms with Crippen LogP contribution >= 0.6 is 12.2 Å². The van der Waals surface area contributed by atoms with Gasteiger partial charge in [0.25, 0.3) is 0 Å². The summed E-state index contributed by atoms with van der Waals surface area (Å²) in [5.41, 5.74) is 0.